The molecule has 2 nitrogen and oxygen atoms in total. The molecule has 0 radical (unpaired) electrons. The predicted octanol–water partition coefficient (Wildman–Crippen LogP) is 3.83. The second-order valence-corrected chi connectivity index (χ2v) is 4.44. The molecule has 0 amide bonds. The molecule has 0 saturated heterocycles. The van der Waals surface area contributed by atoms with Gasteiger partial charge in [0.15, 0.2) is 0 Å². The third-order valence-corrected chi connectivity index (χ3v) is 3.07. The van der Waals surface area contributed by atoms with E-state index in [1.807, 2.05) is 67.6 Å². The topological polar surface area (TPSA) is 29.5 Å². The highest BCUT2D eigenvalue weighted by Gasteiger charge is 2.09. The van der Waals surface area contributed by atoms with Crippen LogP contribution in [-0.2, 0) is 0 Å². The lowest BCUT2D eigenvalue weighted by Gasteiger charge is -2.12. The van der Waals surface area contributed by atoms with Gasteiger partial charge in [-0.15, -0.1) is 0 Å². The Morgan fingerprint density at radius 2 is 1.68 bits per heavy atom. The molecular weight excluding hydrogens is 236 g/mol. The maximum atomic E-state index is 10.3. The van der Waals surface area contributed by atoms with E-state index in [4.69, 9.17) is 4.74 Å². The van der Waals surface area contributed by atoms with Gasteiger partial charge >= 0.3 is 0 Å². The van der Waals surface area contributed by atoms with Gasteiger partial charge in [0.25, 0.3) is 0 Å². The highest BCUT2D eigenvalue weighted by atomic mass is 16.5. The summed E-state index contributed by atoms with van der Waals surface area (Å²) in [7, 11) is 1.65. The summed E-state index contributed by atoms with van der Waals surface area (Å²) in [6.07, 6.45) is 1.36. The molecule has 0 aliphatic heterocycles. The second kappa shape index (κ2) is 6.21. The summed E-state index contributed by atoms with van der Waals surface area (Å²) in [6.45, 7) is 1.92. The lowest BCUT2D eigenvalue weighted by molar-refractivity contribution is 0.217. The lowest BCUT2D eigenvalue weighted by atomic mass is 10.0. The van der Waals surface area contributed by atoms with Crippen molar-refractivity contribution < 1.29 is 9.84 Å². The predicted molar refractivity (Wildman–Crippen MR) is 78.0 cm³/mol. The Morgan fingerprint density at radius 3 is 2.37 bits per heavy atom. The van der Waals surface area contributed by atoms with E-state index in [0.29, 0.717) is 0 Å². The summed E-state index contributed by atoms with van der Waals surface area (Å²) in [5.41, 5.74) is 2.75. The number of para-hydroxylation sites is 1. The maximum absolute atomic E-state index is 10.3. The van der Waals surface area contributed by atoms with Gasteiger partial charge in [-0.3, -0.25) is 0 Å². The van der Waals surface area contributed by atoms with E-state index in [1.165, 1.54) is 0 Å². The molecule has 0 bridgehead atoms. The summed E-state index contributed by atoms with van der Waals surface area (Å²) >= 11 is 0. The number of aliphatic hydroxyl groups is 1. The minimum Gasteiger partial charge on any atom is -0.496 e. The minimum atomic E-state index is -0.592. The zero-order valence-electron chi connectivity index (χ0n) is 11.2. The smallest absolute Gasteiger partial charge is 0.126 e. The van der Waals surface area contributed by atoms with E-state index in [9.17, 15) is 5.11 Å². The molecule has 0 heterocycles. The van der Waals surface area contributed by atoms with Crippen LogP contribution in [0.1, 0.15) is 24.2 Å². The number of hydrogen-bond donors (Lipinski definition) is 1. The SMILES string of the molecule is COc1ccccc1/C=C(\C)[C@@H](O)c1ccccc1. The molecule has 1 atom stereocenters. The van der Waals surface area contributed by atoms with Gasteiger partial charge < -0.3 is 9.84 Å². The Morgan fingerprint density at radius 1 is 1.05 bits per heavy atom. The van der Waals surface area contributed by atoms with Crippen molar-refractivity contribution in [1.82, 2.24) is 0 Å². The highest BCUT2D eigenvalue weighted by molar-refractivity contribution is 5.60. The van der Waals surface area contributed by atoms with Crippen LogP contribution in [0.5, 0.6) is 5.75 Å². The third-order valence-electron chi connectivity index (χ3n) is 3.07. The molecule has 0 fully saturated rings. The molecule has 2 heteroatoms. The molecule has 0 unspecified atom stereocenters. The van der Waals surface area contributed by atoms with E-state index < -0.39 is 6.10 Å². The Balaban J connectivity index is 2.28. The number of hydrogen-bond acceptors (Lipinski definition) is 2. The first kappa shape index (κ1) is 13.4. The lowest BCUT2D eigenvalue weighted by Crippen LogP contribution is -1.98. The van der Waals surface area contributed by atoms with E-state index >= 15 is 0 Å². The van der Waals surface area contributed by atoms with Crippen molar-refractivity contribution in [2.45, 2.75) is 13.0 Å². The monoisotopic (exact) mass is 254 g/mol. The zero-order chi connectivity index (χ0) is 13.7. The number of benzene rings is 2. The van der Waals surface area contributed by atoms with Gasteiger partial charge in [-0.1, -0.05) is 48.5 Å². The van der Waals surface area contributed by atoms with Crippen LogP contribution in [0, 0.1) is 0 Å². The molecule has 0 spiro atoms. The van der Waals surface area contributed by atoms with Crippen molar-refractivity contribution in [2.75, 3.05) is 7.11 Å². The summed E-state index contributed by atoms with van der Waals surface area (Å²) in [5.74, 6) is 0.808. The average molecular weight is 254 g/mol. The fourth-order valence-electron chi connectivity index (χ4n) is 2.01. The zero-order valence-corrected chi connectivity index (χ0v) is 11.2. The van der Waals surface area contributed by atoms with Crippen LogP contribution in [0.2, 0.25) is 0 Å². The average Bonchev–Trinajstić information content (AvgIpc) is 2.48. The Kier molecular flexibility index (Phi) is 4.37. The van der Waals surface area contributed by atoms with Crippen LogP contribution in [0.15, 0.2) is 60.2 Å². The fraction of sp³-hybridized carbons (Fsp3) is 0.176. The number of ether oxygens (including phenoxy) is 1. The van der Waals surface area contributed by atoms with Gasteiger partial charge in [-0.25, -0.2) is 0 Å². The first-order valence-electron chi connectivity index (χ1n) is 6.26. The van der Waals surface area contributed by atoms with Gasteiger partial charge in [0.2, 0.25) is 0 Å². The van der Waals surface area contributed by atoms with Gasteiger partial charge in [0, 0.05) is 5.56 Å². The molecular formula is C17H18O2. The van der Waals surface area contributed by atoms with Crippen molar-refractivity contribution in [3.8, 4) is 5.75 Å². The first-order valence-corrected chi connectivity index (χ1v) is 6.26. The highest BCUT2D eigenvalue weighted by Crippen LogP contribution is 2.26. The van der Waals surface area contributed by atoms with Crippen LogP contribution < -0.4 is 4.74 Å². The van der Waals surface area contributed by atoms with Crippen LogP contribution in [0.4, 0.5) is 0 Å². The summed E-state index contributed by atoms with van der Waals surface area (Å²) in [4.78, 5) is 0. The van der Waals surface area contributed by atoms with Crippen molar-refractivity contribution in [3.05, 3.63) is 71.3 Å². The van der Waals surface area contributed by atoms with Crippen LogP contribution in [0.25, 0.3) is 6.08 Å². The molecule has 2 rings (SSSR count). The molecule has 2 aromatic rings. The summed E-state index contributed by atoms with van der Waals surface area (Å²) < 4.78 is 5.31. The van der Waals surface area contributed by atoms with Gasteiger partial charge in [-0.2, -0.15) is 0 Å². The number of methoxy groups -OCH3 is 1. The molecule has 1 N–H and O–H groups in total. The van der Waals surface area contributed by atoms with E-state index in [1.54, 1.807) is 7.11 Å². The third kappa shape index (κ3) is 3.24. The first-order chi connectivity index (χ1) is 9.22. The second-order valence-electron chi connectivity index (χ2n) is 4.44. The minimum absolute atomic E-state index is 0.592. The van der Waals surface area contributed by atoms with Gasteiger partial charge in [0.1, 0.15) is 11.9 Å². The standard InChI is InChI=1S/C17H18O2/c1-13(17(18)14-8-4-3-5-9-14)12-15-10-6-7-11-16(15)19-2/h3-12,17-18H,1-2H3/b13-12+/t17-/m1/s1. The normalized spacial score (nSPS) is 13.1. The molecule has 19 heavy (non-hydrogen) atoms. The quantitative estimate of drug-likeness (QED) is 0.898. The van der Waals surface area contributed by atoms with Crippen molar-refractivity contribution >= 4 is 6.08 Å². The molecule has 2 aromatic carbocycles. The van der Waals surface area contributed by atoms with E-state index in [-0.39, 0.29) is 0 Å². The Labute approximate surface area is 114 Å². The number of aliphatic hydroxyl groups excluding tert-OH is 1. The number of rotatable bonds is 4. The summed E-state index contributed by atoms with van der Waals surface area (Å²) in [5, 5.41) is 10.3. The van der Waals surface area contributed by atoms with E-state index in [0.717, 1.165) is 22.4 Å². The Hall–Kier alpha value is -2.06. The molecule has 0 aliphatic rings. The molecule has 0 saturated carbocycles. The molecule has 98 valence electrons. The summed E-state index contributed by atoms with van der Waals surface area (Å²) in [6, 6.07) is 17.4. The van der Waals surface area contributed by atoms with Crippen LogP contribution >= 0.6 is 0 Å². The largest absolute Gasteiger partial charge is 0.496 e. The molecule has 0 aromatic heterocycles. The van der Waals surface area contributed by atoms with Crippen molar-refractivity contribution in [3.63, 3.8) is 0 Å². The maximum Gasteiger partial charge on any atom is 0.126 e. The molecule has 0 aliphatic carbocycles. The van der Waals surface area contributed by atoms with Crippen molar-refractivity contribution in [2.24, 2.45) is 0 Å². The van der Waals surface area contributed by atoms with Crippen LogP contribution in [0.3, 0.4) is 0 Å². The Bertz CT molecular complexity index is 558. The van der Waals surface area contributed by atoms with Gasteiger partial charge in [0.05, 0.1) is 7.11 Å². The van der Waals surface area contributed by atoms with E-state index in [2.05, 4.69) is 0 Å². The van der Waals surface area contributed by atoms with Crippen LogP contribution in [-0.4, -0.2) is 12.2 Å². The fourth-order valence-corrected chi connectivity index (χ4v) is 2.01. The van der Waals surface area contributed by atoms with Gasteiger partial charge in [-0.05, 0) is 30.2 Å². The van der Waals surface area contributed by atoms with Crippen molar-refractivity contribution in [1.29, 1.82) is 0 Å².